The summed E-state index contributed by atoms with van der Waals surface area (Å²) in [4.78, 5) is 23.5. The van der Waals surface area contributed by atoms with Gasteiger partial charge in [-0.05, 0) is 19.8 Å². The zero-order valence-corrected chi connectivity index (χ0v) is 15.4. The molecule has 1 heterocycles. The summed E-state index contributed by atoms with van der Waals surface area (Å²) in [6, 6.07) is -1.06. The Hall–Kier alpha value is -1.39. The van der Waals surface area contributed by atoms with E-state index < -0.39 is 25.6 Å². The second-order valence-electron chi connectivity index (χ2n) is 5.25. The van der Waals surface area contributed by atoms with Crippen molar-refractivity contribution in [3.63, 3.8) is 0 Å². The molecule has 12 heteroatoms. The van der Waals surface area contributed by atoms with Crippen LogP contribution >= 0.6 is 23.2 Å². The molecule has 2 amide bonds. The molecule has 2 atom stereocenters. The lowest BCUT2D eigenvalue weighted by atomic mass is 9.99. The van der Waals surface area contributed by atoms with Crippen molar-refractivity contribution in [2.75, 3.05) is 12.4 Å². The van der Waals surface area contributed by atoms with Gasteiger partial charge in [0.05, 0.1) is 12.5 Å². The Labute approximate surface area is 149 Å². The van der Waals surface area contributed by atoms with Gasteiger partial charge in [0.15, 0.2) is 4.21 Å². The van der Waals surface area contributed by atoms with Crippen LogP contribution in [0.4, 0.5) is 10.7 Å². The molecule has 134 valence electrons. The van der Waals surface area contributed by atoms with Gasteiger partial charge in [0.2, 0.25) is 5.95 Å². The van der Waals surface area contributed by atoms with E-state index in [0.717, 1.165) is 6.42 Å². The van der Waals surface area contributed by atoms with Gasteiger partial charge in [-0.1, -0.05) is 24.4 Å². The van der Waals surface area contributed by atoms with Crippen LogP contribution in [-0.4, -0.2) is 46.1 Å². The van der Waals surface area contributed by atoms with Gasteiger partial charge in [0.1, 0.15) is 5.82 Å². The molecule has 0 bridgehead atoms. The lowest BCUT2D eigenvalue weighted by Crippen LogP contribution is -2.52. The monoisotopic (exact) mass is 397 g/mol. The van der Waals surface area contributed by atoms with Crippen molar-refractivity contribution in [1.82, 2.24) is 19.7 Å². The van der Waals surface area contributed by atoms with Crippen LogP contribution in [0.15, 0.2) is 0 Å². The minimum Gasteiger partial charge on any atom is -0.467 e. The lowest BCUT2D eigenvalue weighted by molar-refractivity contribution is 0.256. The van der Waals surface area contributed by atoms with Crippen LogP contribution in [0.2, 0.25) is 0 Å². The molecular weight excluding hydrogens is 381 g/mol. The number of aromatic nitrogens is 3. The fraction of sp³-hybridized carbons (Fsp3) is 0.667. The van der Waals surface area contributed by atoms with Gasteiger partial charge >= 0.3 is 12.0 Å². The van der Waals surface area contributed by atoms with E-state index in [1.807, 2.05) is 4.72 Å². The van der Waals surface area contributed by atoms with Crippen molar-refractivity contribution in [3.8, 4) is 6.01 Å². The number of alkyl halides is 2. The van der Waals surface area contributed by atoms with Crippen molar-refractivity contribution in [2.24, 2.45) is 0 Å². The normalized spacial score (nSPS) is 24.2. The van der Waals surface area contributed by atoms with Crippen molar-refractivity contribution in [3.05, 3.63) is 5.82 Å². The van der Waals surface area contributed by atoms with Crippen LogP contribution in [0.25, 0.3) is 0 Å². The number of hydrogen-bond acceptors (Lipinski definition) is 7. The number of methoxy groups -OCH3 is 1. The number of aryl methyl sites for hydroxylation is 1. The molecule has 0 aromatic carbocycles. The van der Waals surface area contributed by atoms with Crippen molar-refractivity contribution < 1.29 is 17.9 Å². The molecule has 24 heavy (non-hydrogen) atoms. The third kappa shape index (κ3) is 3.98. The van der Waals surface area contributed by atoms with E-state index in [9.17, 15) is 13.2 Å². The molecule has 1 aromatic rings. The fourth-order valence-electron chi connectivity index (χ4n) is 2.30. The van der Waals surface area contributed by atoms with Crippen molar-refractivity contribution in [2.45, 2.75) is 42.2 Å². The zero-order valence-electron chi connectivity index (χ0n) is 13.0. The van der Waals surface area contributed by atoms with E-state index in [1.165, 1.54) is 7.11 Å². The topological polar surface area (TPSA) is 123 Å². The molecule has 0 aliphatic heterocycles. The molecular formula is C12H17Cl2N5O4S. The van der Waals surface area contributed by atoms with Gasteiger partial charge in [-0.2, -0.15) is 15.0 Å². The molecule has 2 unspecified atom stereocenters. The molecule has 9 nitrogen and oxygen atoms in total. The molecule has 2 N–H and O–H groups in total. The standard InChI is InChI=1S/C12H17Cl2N5O4S/c1-7-15-9(18-11(16-7)23-2)17-10(20)19-24(21,22)12(14)6-4-3-5-8(12)13/h8H,3-6H2,1-2H3,(H2,15,16,17,18,19,20). The quantitative estimate of drug-likeness (QED) is 0.741. The van der Waals surface area contributed by atoms with E-state index in [1.54, 1.807) is 6.92 Å². The minimum absolute atomic E-state index is 0.0115. The van der Waals surface area contributed by atoms with E-state index in [4.69, 9.17) is 27.9 Å². The number of nitrogens with one attached hydrogen (secondary N) is 2. The molecule has 1 aliphatic carbocycles. The summed E-state index contributed by atoms with van der Waals surface area (Å²) in [5, 5.41) is 1.42. The van der Waals surface area contributed by atoms with Crippen LogP contribution < -0.4 is 14.8 Å². The number of hydrogen-bond donors (Lipinski definition) is 2. The molecule has 0 saturated heterocycles. The first-order valence-corrected chi connectivity index (χ1v) is 9.40. The maximum absolute atomic E-state index is 12.4. The van der Waals surface area contributed by atoms with E-state index in [-0.39, 0.29) is 18.4 Å². The molecule has 1 fully saturated rings. The summed E-state index contributed by atoms with van der Waals surface area (Å²) in [7, 11) is -2.86. The smallest absolute Gasteiger partial charge is 0.335 e. The van der Waals surface area contributed by atoms with E-state index in [0.29, 0.717) is 18.7 Å². The number of carbonyl (C=O) groups excluding carboxylic acids is 1. The number of rotatable bonds is 4. The third-order valence-corrected chi connectivity index (χ3v) is 7.23. The Morgan fingerprint density at radius 2 is 2.04 bits per heavy atom. The first kappa shape index (κ1) is 18.9. The second-order valence-corrected chi connectivity index (χ2v) is 8.62. The van der Waals surface area contributed by atoms with Crippen LogP contribution in [0.3, 0.4) is 0 Å². The summed E-state index contributed by atoms with van der Waals surface area (Å²) in [6.07, 6.45) is 2.01. The van der Waals surface area contributed by atoms with Gasteiger partial charge in [0, 0.05) is 0 Å². The average Bonchev–Trinajstić information content (AvgIpc) is 2.48. The maximum Gasteiger partial charge on any atom is 0.335 e. The first-order chi connectivity index (χ1) is 11.2. The first-order valence-electron chi connectivity index (χ1n) is 7.11. The fourth-order valence-corrected chi connectivity index (χ4v) is 4.61. The number of carbonyl (C=O) groups is 1. The molecule has 0 radical (unpaired) electrons. The number of ether oxygens (including phenoxy) is 1. The SMILES string of the molecule is COc1nc(C)nc(NC(=O)NS(=O)(=O)C2(Cl)CCCCC2Cl)n1. The largest absolute Gasteiger partial charge is 0.467 e. The van der Waals surface area contributed by atoms with Gasteiger partial charge in [-0.25, -0.2) is 17.9 Å². The zero-order chi connectivity index (χ0) is 18.0. The second kappa shape index (κ2) is 7.24. The van der Waals surface area contributed by atoms with Crippen LogP contribution in [0.5, 0.6) is 6.01 Å². The minimum atomic E-state index is -4.21. The Bertz CT molecular complexity index is 732. The predicted octanol–water partition coefficient (Wildman–Crippen LogP) is 1.76. The number of urea groups is 1. The van der Waals surface area contributed by atoms with E-state index in [2.05, 4.69) is 20.3 Å². The highest BCUT2D eigenvalue weighted by atomic mass is 35.5. The maximum atomic E-state index is 12.4. The number of sulfonamides is 1. The number of halogens is 2. The summed E-state index contributed by atoms with van der Waals surface area (Å²) in [6.45, 7) is 1.57. The average molecular weight is 398 g/mol. The van der Waals surface area contributed by atoms with Gasteiger partial charge in [-0.3, -0.25) is 5.32 Å². The van der Waals surface area contributed by atoms with Crippen molar-refractivity contribution >= 4 is 45.2 Å². The third-order valence-electron chi connectivity index (χ3n) is 3.50. The van der Waals surface area contributed by atoms with Crippen molar-refractivity contribution in [1.29, 1.82) is 0 Å². The summed E-state index contributed by atoms with van der Waals surface area (Å²) in [5.74, 6) is 0.142. The molecule has 1 aromatic heterocycles. The molecule has 1 saturated carbocycles. The van der Waals surface area contributed by atoms with Gasteiger partial charge in [0.25, 0.3) is 10.0 Å². The Kier molecular flexibility index (Phi) is 5.71. The van der Waals surface area contributed by atoms with Crippen LogP contribution in [0, 0.1) is 6.92 Å². The highest BCUT2D eigenvalue weighted by Gasteiger charge is 2.50. The molecule has 0 spiro atoms. The number of amides is 2. The number of anilines is 1. The van der Waals surface area contributed by atoms with Crippen LogP contribution in [-0.2, 0) is 10.0 Å². The molecule has 1 aliphatic rings. The summed E-state index contributed by atoms with van der Waals surface area (Å²) in [5.41, 5.74) is 0. The predicted molar refractivity (Wildman–Crippen MR) is 88.9 cm³/mol. The Morgan fingerprint density at radius 1 is 1.33 bits per heavy atom. The van der Waals surface area contributed by atoms with Gasteiger partial charge < -0.3 is 4.74 Å². The van der Waals surface area contributed by atoms with Gasteiger partial charge in [-0.15, -0.1) is 11.6 Å². The lowest BCUT2D eigenvalue weighted by Gasteiger charge is -2.34. The molecule has 2 rings (SSSR count). The summed E-state index contributed by atoms with van der Waals surface area (Å²) < 4.78 is 29.9. The summed E-state index contributed by atoms with van der Waals surface area (Å²) >= 11 is 12.3. The Morgan fingerprint density at radius 3 is 2.67 bits per heavy atom. The highest BCUT2D eigenvalue weighted by Crippen LogP contribution is 2.41. The Balaban J connectivity index is 2.12. The van der Waals surface area contributed by atoms with E-state index >= 15 is 0 Å². The highest BCUT2D eigenvalue weighted by molar-refractivity contribution is 7.93. The van der Waals surface area contributed by atoms with Crippen LogP contribution in [0.1, 0.15) is 31.5 Å². The number of nitrogens with zero attached hydrogens (tertiary/aromatic N) is 3.